The number of hydrogen-bond donors (Lipinski definition) is 3. The summed E-state index contributed by atoms with van der Waals surface area (Å²) >= 11 is 0. The summed E-state index contributed by atoms with van der Waals surface area (Å²) in [6.07, 6.45) is 5.21. The number of nitrogens with zero attached hydrogens (tertiary/aromatic N) is 2. The topological polar surface area (TPSA) is 87.0 Å². The summed E-state index contributed by atoms with van der Waals surface area (Å²) in [5, 5.41) is 10.2. The summed E-state index contributed by atoms with van der Waals surface area (Å²) in [5.74, 6) is 0.402. The van der Waals surface area contributed by atoms with E-state index in [4.69, 9.17) is 5.73 Å². The van der Waals surface area contributed by atoms with Crippen LogP contribution in [0.25, 0.3) is 0 Å². The molecule has 4 rings (SSSR count). The molecule has 3 aromatic rings. The van der Waals surface area contributed by atoms with Gasteiger partial charge >= 0.3 is 0 Å². The van der Waals surface area contributed by atoms with E-state index in [0.717, 1.165) is 38.9 Å². The molecule has 4 N–H and O–H groups in total. The van der Waals surface area contributed by atoms with Gasteiger partial charge in [0.1, 0.15) is 0 Å². The van der Waals surface area contributed by atoms with E-state index in [0.29, 0.717) is 22.9 Å². The van der Waals surface area contributed by atoms with Crippen molar-refractivity contribution in [2.45, 2.75) is 38.6 Å². The number of para-hydroxylation sites is 2. The predicted octanol–water partition coefficient (Wildman–Crippen LogP) is 4.19. The van der Waals surface area contributed by atoms with Gasteiger partial charge in [-0.1, -0.05) is 31.2 Å². The molecule has 2 aromatic carbocycles. The Kier molecular flexibility index (Phi) is 6.14. The molecule has 1 aromatic heterocycles. The minimum Gasteiger partial charge on any atom is -0.397 e. The van der Waals surface area contributed by atoms with Crippen LogP contribution in [0.3, 0.4) is 0 Å². The molecule has 6 nitrogen and oxygen atoms in total. The normalized spacial score (nSPS) is 15.2. The van der Waals surface area contributed by atoms with E-state index in [1.54, 1.807) is 6.07 Å². The number of piperidine rings is 1. The molecule has 0 radical (unpaired) electrons. The first-order chi connectivity index (χ1) is 14.6. The standard InChI is InChI=1S/C24H29N5O/c1-2-22-20(15-26-28-22)16-29-13-11-18(12-14-29)17-7-9-19(10-8-17)24(30)27-23-6-4-3-5-21(23)25/h3-10,15,18H,2,11-14,16,25H2,1H3,(H,26,28)(H,27,30). The van der Waals surface area contributed by atoms with Gasteiger partial charge in [-0.3, -0.25) is 14.8 Å². The lowest BCUT2D eigenvalue weighted by molar-refractivity contribution is 0.102. The first-order valence-corrected chi connectivity index (χ1v) is 10.6. The quantitative estimate of drug-likeness (QED) is 0.539. The van der Waals surface area contributed by atoms with Crippen LogP contribution in [-0.2, 0) is 13.0 Å². The van der Waals surface area contributed by atoms with E-state index < -0.39 is 0 Å². The Morgan fingerprint density at radius 3 is 2.60 bits per heavy atom. The van der Waals surface area contributed by atoms with Gasteiger partial charge in [0.05, 0.1) is 17.6 Å². The molecule has 156 valence electrons. The van der Waals surface area contributed by atoms with Crippen molar-refractivity contribution in [3.8, 4) is 0 Å². The van der Waals surface area contributed by atoms with Gasteiger partial charge in [-0.25, -0.2) is 0 Å². The molecule has 1 amide bonds. The Hall–Kier alpha value is -3.12. The number of aromatic nitrogens is 2. The van der Waals surface area contributed by atoms with E-state index in [9.17, 15) is 4.79 Å². The maximum Gasteiger partial charge on any atom is 0.255 e. The van der Waals surface area contributed by atoms with Gasteiger partial charge in [0.25, 0.3) is 5.91 Å². The molecule has 1 fully saturated rings. The molecule has 1 saturated heterocycles. The highest BCUT2D eigenvalue weighted by molar-refractivity contribution is 6.05. The van der Waals surface area contributed by atoms with Crippen molar-refractivity contribution in [1.82, 2.24) is 15.1 Å². The number of nitrogen functional groups attached to an aromatic ring is 1. The molecule has 0 saturated carbocycles. The fourth-order valence-corrected chi connectivity index (χ4v) is 4.16. The van der Waals surface area contributed by atoms with Gasteiger partial charge in [0, 0.05) is 23.4 Å². The number of anilines is 2. The summed E-state index contributed by atoms with van der Waals surface area (Å²) < 4.78 is 0. The van der Waals surface area contributed by atoms with E-state index >= 15 is 0 Å². The second kappa shape index (κ2) is 9.13. The van der Waals surface area contributed by atoms with Crippen molar-refractivity contribution in [2.24, 2.45) is 0 Å². The minimum absolute atomic E-state index is 0.138. The number of amides is 1. The highest BCUT2D eigenvalue weighted by Gasteiger charge is 2.22. The first-order valence-electron chi connectivity index (χ1n) is 10.6. The zero-order valence-electron chi connectivity index (χ0n) is 17.4. The van der Waals surface area contributed by atoms with E-state index in [-0.39, 0.29) is 5.91 Å². The number of hydrogen-bond acceptors (Lipinski definition) is 4. The van der Waals surface area contributed by atoms with Crippen molar-refractivity contribution in [1.29, 1.82) is 0 Å². The van der Waals surface area contributed by atoms with Gasteiger partial charge < -0.3 is 11.1 Å². The van der Waals surface area contributed by atoms with Gasteiger partial charge in [0.15, 0.2) is 0 Å². The summed E-state index contributed by atoms with van der Waals surface area (Å²) in [7, 11) is 0. The molecule has 30 heavy (non-hydrogen) atoms. The van der Waals surface area contributed by atoms with Crippen molar-refractivity contribution in [2.75, 3.05) is 24.1 Å². The van der Waals surface area contributed by atoms with Crippen LogP contribution in [0, 0.1) is 0 Å². The number of H-pyrrole nitrogens is 1. The summed E-state index contributed by atoms with van der Waals surface area (Å²) in [4.78, 5) is 15.0. The van der Waals surface area contributed by atoms with Crippen LogP contribution in [0.15, 0.2) is 54.7 Å². The minimum atomic E-state index is -0.138. The predicted molar refractivity (Wildman–Crippen MR) is 120 cm³/mol. The van der Waals surface area contributed by atoms with Gasteiger partial charge in [-0.15, -0.1) is 0 Å². The molecule has 1 aliphatic heterocycles. The van der Waals surface area contributed by atoms with Crippen molar-refractivity contribution in [3.05, 3.63) is 77.1 Å². The number of nitrogens with one attached hydrogen (secondary N) is 2. The number of carbonyl (C=O) groups excluding carboxylic acids is 1. The number of aromatic amines is 1. The van der Waals surface area contributed by atoms with Gasteiger partial charge in [-0.2, -0.15) is 5.10 Å². The second-order valence-corrected chi connectivity index (χ2v) is 7.94. The summed E-state index contributed by atoms with van der Waals surface area (Å²) in [6, 6.07) is 15.3. The molecule has 0 unspecified atom stereocenters. The largest absolute Gasteiger partial charge is 0.397 e. The average Bonchev–Trinajstić information content (AvgIpc) is 3.23. The molecular formula is C24H29N5O. The number of carbonyl (C=O) groups is 1. The zero-order valence-corrected chi connectivity index (χ0v) is 17.4. The highest BCUT2D eigenvalue weighted by Crippen LogP contribution is 2.29. The Morgan fingerprint density at radius 1 is 1.17 bits per heavy atom. The van der Waals surface area contributed by atoms with Crippen molar-refractivity contribution >= 4 is 17.3 Å². The summed E-state index contributed by atoms with van der Waals surface area (Å²) in [6.45, 7) is 5.28. The van der Waals surface area contributed by atoms with E-state index in [1.807, 2.05) is 36.5 Å². The fourth-order valence-electron chi connectivity index (χ4n) is 4.16. The molecular weight excluding hydrogens is 374 g/mol. The van der Waals surface area contributed by atoms with Crippen LogP contribution in [0.2, 0.25) is 0 Å². The Labute approximate surface area is 177 Å². The van der Waals surface area contributed by atoms with Crippen LogP contribution in [-0.4, -0.2) is 34.1 Å². The van der Waals surface area contributed by atoms with Crippen LogP contribution in [0.5, 0.6) is 0 Å². The molecule has 0 atom stereocenters. The third kappa shape index (κ3) is 4.54. The Balaban J connectivity index is 1.32. The molecule has 0 aliphatic carbocycles. The van der Waals surface area contributed by atoms with Crippen LogP contribution in [0.4, 0.5) is 11.4 Å². The van der Waals surface area contributed by atoms with Gasteiger partial charge in [0.2, 0.25) is 0 Å². The lowest BCUT2D eigenvalue weighted by atomic mass is 9.89. The number of rotatable bonds is 6. The van der Waals surface area contributed by atoms with Crippen LogP contribution >= 0.6 is 0 Å². The zero-order chi connectivity index (χ0) is 20.9. The number of likely N-dealkylation sites (tertiary alicyclic amines) is 1. The smallest absolute Gasteiger partial charge is 0.255 e. The van der Waals surface area contributed by atoms with Crippen LogP contribution in [0.1, 0.15) is 52.9 Å². The summed E-state index contributed by atoms with van der Waals surface area (Å²) in [5.41, 5.74) is 11.6. The average molecular weight is 404 g/mol. The number of benzene rings is 2. The molecule has 6 heteroatoms. The van der Waals surface area contributed by atoms with Gasteiger partial charge in [-0.05, 0) is 68.1 Å². The molecule has 2 heterocycles. The molecule has 0 spiro atoms. The van der Waals surface area contributed by atoms with E-state index in [1.165, 1.54) is 16.8 Å². The number of nitrogens with two attached hydrogens (primary N) is 1. The lowest BCUT2D eigenvalue weighted by Crippen LogP contribution is -2.32. The second-order valence-electron chi connectivity index (χ2n) is 7.94. The van der Waals surface area contributed by atoms with E-state index in [2.05, 4.69) is 39.5 Å². The maximum atomic E-state index is 12.5. The van der Waals surface area contributed by atoms with Crippen molar-refractivity contribution in [3.63, 3.8) is 0 Å². The van der Waals surface area contributed by atoms with Crippen molar-refractivity contribution < 1.29 is 4.79 Å². The molecule has 1 aliphatic rings. The third-order valence-electron chi connectivity index (χ3n) is 6.00. The monoisotopic (exact) mass is 403 g/mol. The van der Waals surface area contributed by atoms with Crippen LogP contribution < -0.4 is 11.1 Å². The molecule has 0 bridgehead atoms. The first kappa shape index (κ1) is 20.2. The number of aryl methyl sites for hydroxylation is 1. The lowest BCUT2D eigenvalue weighted by Gasteiger charge is -2.32. The Morgan fingerprint density at radius 2 is 1.90 bits per heavy atom. The third-order valence-corrected chi connectivity index (χ3v) is 6.00. The SMILES string of the molecule is CCc1[nH]ncc1CN1CCC(c2ccc(C(=O)Nc3ccccc3N)cc2)CC1. The maximum absolute atomic E-state index is 12.5. The Bertz CT molecular complexity index is 987. The highest BCUT2D eigenvalue weighted by atomic mass is 16.1. The fraction of sp³-hybridized carbons (Fsp3) is 0.333.